The van der Waals surface area contributed by atoms with Gasteiger partial charge in [-0.2, -0.15) is 11.8 Å². The van der Waals surface area contributed by atoms with Crippen LogP contribution < -0.4 is 16.0 Å². The van der Waals surface area contributed by atoms with Crippen molar-refractivity contribution < 1.29 is 23.9 Å². The molecule has 0 saturated heterocycles. The normalized spacial score (nSPS) is 13.6. The molecule has 9 heteroatoms. The van der Waals surface area contributed by atoms with Gasteiger partial charge in [-0.25, -0.2) is 4.79 Å². The van der Waals surface area contributed by atoms with E-state index in [1.807, 2.05) is 57.4 Å². The van der Waals surface area contributed by atoms with Crippen LogP contribution in [0, 0.1) is 11.8 Å². The lowest BCUT2D eigenvalue weighted by atomic mass is 9.95. The average molecular weight is 522 g/mol. The van der Waals surface area contributed by atoms with Crippen LogP contribution in [0.5, 0.6) is 0 Å². The van der Waals surface area contributed by atoms with E-state index in [9.17, 15) is 19.2 Å². The van der Waals surface area contributed by atoms with Crippen molar-refractivity contribution in [1.29, 1.82) is 0 Å². The van der Waals surface area contributed by atoms with Crippen LogP contribution in [0.15, 0.2) is 30.3 Å². The van der Waals surface area contributed by atoms with E-state index in [0.29, 0.717) is 31.4 Å². The van der Waals surface area contributed by atoms with E-state index in [-0.39, 0.29) is 24.2 Å². The van der Waals surface area contributed by atoms with E-state index in [4.69, 9.17) is 4.74 Å². The van der Waals surface area contributed by atoms with Crippen molar-refractivity contribution in [2.24, 2.45) is 11.8 Å². The fraction of sp³-hybridized carbons (Fsp3) is 0.630. The molecule has 0 aliphatic rings. The summed E-state index contributed by atoms with van der Waals surface area (Å²) in [6.45, 7) is 9.62. The van der Waals surface area contributed by atoms with E-state index in [1.54, 1.807) is 25.6 Å². The van der Waals surface area contributed by atoms with E-state index in [2.05, 4.69) is 16.0 Å². The minimum Gasteiger partial charge on any atom is -0.449 e. The van der Waals surface area contributed by atoms with Gasteiger partial charge >= 0.3 is 6.09 Å². The molecule has 1 aromatic carbocycles. The summed E-state index contributed by atoms with van der Waals surface area (Å²) in [4.78, 5) is 51.4. The molecule has 0 heterocycles. The minimum absolute atomic E-state index is 0.0683. The monoisotopic (exact) mass is 521 g/mol. The molecule has 0 radical (unpaired) electrons. The molecule has 3 N–H and O–H groups in total. The molecule has 0 saturated carbocycles. The second kappa shape index (κ2) is 17.0. The summed E-state index contributed by atoms with van der Waals surface area (Å²) in [6, 6.07) is 7.15. The summed E-state index contributed by atoms with van der Waals surface area (Å²) in [5, 5.41) is 8.29. The van der Waals surface area contributed by atoms with Crippen LogP contribution in [0.4, 0.5) is 4.79 Å². The van der Waals surface area contributed by atoms with Crippen molar-refractivity contribution in [3.8, 4) is 0 Å². The first kappa shape index (κ1) is 31.5. The Balaban J connectivity index is 2.95. The van der Waals surface area contributed by atoms with Crippen molar-refractivity contribution in [1.82, 2.24) is 16.0 Å². The maximum atomic E-state index is 13.2. The van der Waals surface area contributed by atoms with Crippen LogP contribution in [-0.2, 0) is 25.5 Å². The van der Waals surface area contributed by atoms with Crippen molar-refractivity contribution in [2.75, 3.05) is 18.6 Å². The van der Waals surface area contributed by atoms with Crippen LogP contribution in [0.1, 0.15) is 59.4 Å². The summed E-state index contributed by atoms with van der Waals surface area (Å²) in [5.41, 5.74) is 0.939. The highest BCUT2D eigenvalue weighted by Gasteiger charge is 2.30. The van der Waals surface area contributed by atoms with Gasteiger partial charge in [0.25, 0.3) is 0 Å². The maximum Gasteiger partial charge on any atom is 0.407 e. The number of ketones is 1. The van der Waals surface area contributed by atoms with Gasteiger partial charge in [0.05, 0.1) is 12.6 Å². The largest absolute Gasteiger partial charge is 0.449 e. The van der Waals surface area contributed by atoms with Crippen molar-refractivity contribution in [3.63, 3.8) is 0 Å². The van der Waals surface area contributed by atoms with Crippen molar-refractivity contribution in [2.45, 2.75) is 78.4 Å². The molecule has 8 nitrogen and oxygen atoms in total. The van der Waals surface area contributed by atoms with Gasteiger partial charge in [-0.1, -0.05) is 71.4 Å². The van der Waals surface area contributed by atoms with Crippen LogP contribution in [0.25, 0.3) is 0 Å². The predicted molar refractivity (Wildman–Crippen MR) is 145 cm³/mol. The topological polar surface area (TPSA) is 114 Å². The lowest BCUT2D eigenvalue weighted by molar-refractivity contribution is -0.133. The highest BCUT2D eigenvalue weighted by molar-refractivity contribution is 7.98. The zero-order valence-corrected chi connectivity index (χ0v) is 23.3. The Hall–Kier alpha value is -2.55. The molecular formula is C27H43N3O5S. The quantitative estimate of drug-likeness (QED) is 0.306. The first-order chi connectivity index (χ1) is 17.1. The summed E-state index contributed by atoms with van der Waals surface area (Å²) < 4.78 is 5.17. The Bertz CT molecular complexity index is 832. The summed E-state index contributed by atoms with van der Waals surface area (Å²) >= 11 is 1.55. The Labute approximate surface area is 220 Å². The van der Waals surface area contributed by atoms with Crippen molar-refractivity contribution in [3.05, 3.63) is 35.9 Å². The van der Waals surface area contributed by atoms with Crippen LogP contribution >= 0.6 is 11.8 Å². The van der Waals surface area contributed by atoms with Crippen LogP contribution in [0.3, 0.4) is 0 Å². The SMILES string of the molecule is CCC[C@H](NC(=O)[C@H](CCSC)NC(=O)OCC(C)C)C(=O)N[C@@H](Cc1ccccc1)C(=O)C(C)C. The second-order valence-electron chi connectivity index (χ2n) is 9.63. The highest BCUT2D eigenvalue weighted by atomic mass is 32.2. The number of ether oxygens (including phenoxy) is 1. The predicted octanol–water partition coefficient (Wildman–Crippen LogP) is 3.73. The first-order valence-electron chi connectivity index (χ1n) is 12.7. The molecule has 0 fully saturated rings. The van der Waals surface area contributed by atoms with E-state index >= 15 is 0 Å². The van der Waals surface area contributed by atoms with E-state index < -0.39 is 36.0 Å². The molecule has 1 rings (SSSR count). The van der Waals surface area contributed by atoms with Gasteiger partial charge in [-0.15, -0.1) is 0 Å². The van der Waals surface area contributed by atoms with Gasteiger partial charge in [0, 0.05) is 5.92 Å². The molecule has 0 bridgehead atoms. The number of carbonyl (C=O) groups excluding carboxylic acids is 4. The third-order valence-corrected chi connectivity index (χ3v) is 6.13. The molecule has 3 atom stereocenters. The molecule has 0 unspecified atom stereocenters. The number of rotatable bonds is 16. The molecular weight excluding hydrogens is 478 g/mol. The standard InChI is InChI=1S/C27H43N3O5S/c1-7-11-21(28-26(33)22(14-15-36-6)30-27(34)35-17-18(2)3)25(32)29-23(24(31)19(4)5)16-20-12-9-8-10-13-20/h8-10,12-13,18-19,21-23H,7,11,14-17H2,1-6H3,(H,28,33)(H,29,32)(H,30,34)/t21-,22-,23-/m0/s1. The third-order valence-electron chi connectivity index (χ3n) is 5.49. The van der Waals surface area contributed by atoms with Gasteiger partial charge in [-0.3, -0.25) is 14.4 Å². The molecule has 0 spiro atoms. The maximum absolute atomic E-state index is 13.2. The fourth-order valence-corrected chi connectivity index (χ4v) is 3.98. The number of benzene rings is 1. The van der Waals surface area contributed by atoms with Gasteiger partial charge in [0.1, 0.15) is 12.1 Å². The smallest absolute Gasteiger partial charge is 0.407 e. The number of Topliss-reactive ketones (excluding diaryl/α,β-unsaturated/α-hetero) is 1. The number of carbonyl (C=O) groups is 4. The number of thioether (sulfide) groups is 1. The van der Waals surface area contributed by atoms with E-state index in [1.165, 1.54) is 0 Å². The Kier molecular flexibility index (Phi) is 14.9. The number of amides is 3. The number of hydrogen-bond acceptors (Lipinski definition) is 6. The lowest BCUT2D eigenvalue weighted by Crippen LogP contribution is -2.56. The average Bonchev–Trinajstić information content (AvgIpc) is 2.84. The molecule has 1 aromatic rings. The summed E-state index contributed by atoms with van der Waals surface area (Å²) in [7, 11) is 0. The molecule has 0 aliphatic heterocycles. The number of hydrogen-bond donors (Lipinski definition) is 3. The first-order valence-corrected chi connectivity index (χ1v) is 14.1. The zero-order chi connectivity index (χ0) is 27.1. The Morgan fingerprint density at radius 2 is 1.44 bits per heavy atom. The Morgan fingerprint density at radius 1 is 0.861 bits per heavy atom. The summed E-state index contributed by atoms with van der Waals surface area (Å²) in [6.07, 6.45) is 3.07. The summed E-state index contributed by atoms with van der Waals surface area (Å²) in [5.74, 6) is -0.365. The molecule has 202 valence electrons. The minimum atomic E-state index is -0.832. The highest BCUT2D eigenvalue weighted by Crippen LogP contribution is 2.10. The van der Waals surface area contributed by atoms with Gasteiger partial charge in [-0.05, 0) is 42.8 Å². The fourth-order valence-electron chi connectivity index (χ4n) is 3.51. The zero-order valence-electron chi connectivity index (χ0n) is 22.5. The number of nitrogens with one attached hydrogen (secondary N) is 3. The molecule has 36 heavy (non-hydrogen) atoms. The molecule has 3 amide bonds. The van der Waals surface area contributed by atoms with Crippen LogP contribution in [0.2, 0.25) is 0 Å². The number of alkyl carbamates (subject to hydrolysis) is 1. The van der Waals surface area contributed by atoms with Gasteiger partial charge < -0.3 is 20.7 Å². The van der Waals surface area contributed by atoms with E-state index in [0.717, 1.165) is 5.56 Å². The Morgan fingerprint density at radius 3 is 1.97 bits per heavy atom. The van der Waals surface area contributed by atoms with Gasteiger partial charge in [0.15, 0.2) is 5.78 Å². The molecule has 0 aromatic heterocycles. The second-order valence-corrected chi connectivity index (χ2v) is 10.6. The molecule has 0 aliphatic carbocycles. The third kappa shape index (κ3) is 11.9. The lowest BCUT2D eigenvalue weighted by Gasteiger charge is -2.26. The van der Waals surface area contributed by atoms with Crippen LogP contribution in [-0.4, -0.2) is 60.4 Å². The van der Waals surface area contributed by atoms with Gasteiger partial charge in [0.2, 0.25) is 11.8 Å². The van der Waals surface area contributed by atoms with Crippen molar-refractivity contribution >= 4 is 35.5 Å².